The molecule has 0 bridgehead atoms. The van der Waals surface area contributed by atoms with Gasteiger partial charge in [-0.3, -0.25) is 4.90 Å². The van der Waals surface area contributed by atoms with E-state index in [9.17, 15) is 5.11 Å². The van der Waals surface area contributed by atoms with Crippen molar-refractivity contribution in [3.05, 3.63) is 0 Å². The molecule has 0 radical (unpaired) electrons. The molecule has 2 atom stereocenters. The summed E-state index contributed by atoms with van der Waals surface area (Å²) < 4.78 is 0. The fourth-order valence-corrected chi connectivity index (χ4v) is 3.10. The van der Waals surface area contributed by atoms with E-state index in [0.29, 0.717) is 23.4 Å². The number of hydrogen-bond donors (Lipinski definition) is 1. The van der Waals surface area contributed by atoms with Gasteiger partial charge < -0.3 is 5.11 Å². The average molecular weight is 241 g/mol. The summed E-state index contributed by atoms with van der Waals surface area (Å²) in [6, 6.07) is 1.08. The van der Waals surface area contributed by atoms with E-state index >= 15 is 0 Å². The zero-order valence-corrected chi connectivity index (χ0v) is 12.5. The minimum absolute atomic E-state index is 0.0959. The number of nitrogens with zero attached hydrogens (tertiary/aromatic N) is 1. The Morgan fingerprint density at radius 1 is 1.24 bits per heavy atom. The quantitative estimate of drug-likeness (QED) is 0.816. The molecule has 1 rings (SSSR count). The number of aliphatic hydroxyl groups is 1. The molecule has 0 aromatic rings. The minimum Gasteiger partial charge on any atom is -0.393 e. The fraction of sp³-hybridized carbons (Fsp3) is 1.00. The normalized spacial score (nSPS) is 29.3. The molecule has 0 heterocycles. The van der Waals surface area contributed by atoms with Gasteiger partial charge in [-0.05, 0) is 44.4 Å². The summed E-state index contributed by atoms with van der Waals surface area (Å²) in [5, 5.41) is 9.95. The van der Waals surface area contributed by atoms with Crippen LogP contribution in [0.4, 0.5) is 0 Å². The van der Waals surface area contributed by atoms with Gasteiger partial charge in [0.2, 0.25) is 0 Å². The summed E-state index contributed by atoms with van der Waals surface area (Å²) in [5.41, 5.74) is 0.332. The highest BCUT2D eigenvalue weighted by Crippen LogP contribution is 2.39. The van der Waals surface area contributed by atoms with E-state index in [1.54, 1.807) is 0 Å². The SMILES string of the molecule is CC(C)CN(C(C)C)C1CC(O)CCC1(C)C. The van der Waals surface area contributed by atoms with Gasteiger partial charge in [-0.15, -0.1) is 0 Å². The highest BCUT2D eigenvalue weighted by atomic mass is 16.3. The third-order valence-corrected chi connectivity index (χ3v) is 4.16. The average Bonchev–Trinajstić information content (AvgIpc) is 2.18. The predicted octanol–water partition coefficient (Wildman–Crippen LogP) is 3.29. The molecule has 1 fully saturated rings. The molecule has 1 saturated carbocycles. The second-order valence-corrected chi connectivity index (χ2v) is 7.12. The minimum atomic E-state index is -0.0959. The third kappa shape index (κ3) is 3.96. The lowest BCUT2D eigenvalue weighted by Crippen LogP contribution is -2.53. The lowest BCUT2D eigenvalue weighted by atomic mass is 9.71. The van der Waals surface area contributed by atoms with Crippen LogP contribution in [-0.2, 0) is 0 Å². The molecule has 0 aliphatic heterocycles. The van der Waals surface area contributed by atoms with E-state index in [-0.39, 0.29) is 6.10 Å². The monoisotopic (exact) mass is 241 g/mol. The van der Waals surface area contributed by atoms with E-state index in [1.165, 1.54) is 0 Å². The van der Waals surface area contributed by atoms with E-state index in [1.807, 2.05) is 0 Å². The first-order valence-corrected chi connectivity index (χ1v) is 7.18. The summed E-state index contributed by atoms with van der Waals surface area (Å²) in [4.78, 5) is 2.60. The second kappa shape index (κ2) is 5.71. The van der Waals surface area contributed by atoms with Crippen molar-refractivity contribution in [2.45, 2.75) is 79.0 Å². The Kier molecular flexibility index (Phi) is 5.03. The van der Waals surface area contributed by atoms with Crippen LogP contribution in [0.5, 0.6) is 0 Å². The van der Waals surface area contributed by atoms with Crippen molar-refractivity contribution in [1.29, 1.82) is 0 Å². The number of aliphatic hydroxyl groups excluding tert-OH is 1. The zero-order chi connectivity index (χ0) is 13.2. The van der Waals surface area contributed by atoms with Crippen molar-refractivity contribution >= 4 is 0 Å². The Hall–Kier alpha value is -0.0800. The first-order valence-electron chi connectivity index (χ1n) is 7.18. The molecule has 2 heteroatoms. The van der Waals surface area contributed by atoms with Gasteiger partial charge in [0.25, 0.3) is 0 Å². The van der Waals surface area contributed by atoms with Gasteiger partial charge in [-0.1, -0.05) is 27.7 Å². The molecule has 2 nitrogen and oxygen atoms in total. The van der Waals surface area contributed by atoms with Crippen LogP contribution >= 0.6 is 0 Å². The molecule has 2 unspecified atom stereocenters. The number of hydrogen-bond acceptors (Lipinski definition) is 2. The third-order valence-electron chi connectivity index (χ3n) is 4.16. The Labute approximate surface area is 107 Å². The molecule has 0 aromatic carbocycles. The first-order chi connectivity index (χ1) is 7.74. The maximum atomic E-state index is 9.95. The van der Waals surface area contributed by atoms with Gasteiger partial charge in [0.15, 0.2) is 0 Å². The van der Waals surface area contributed by atoms with E-state index < -0.39 is 0 Å². The van der Waals surface area contributed by atoms with Crippen molar-refractivity contribution < 1.29 is 5.11 Å². The van der Waals surface area contributed by atoms with Gasteiger partial charge in [0.1, 0.15) is 0 Å². The van der Waals surface area contributed by atoms with Crippen LogP contribution in [0, 0.1) is 11.3 Å². The van der Waals surface area contributed by atoms with E-state index in [4.69, 9.17) is 0 Å². The zero-order valence-electron chi connectivity index (χ0n) is 12.5. The summed E-state index contributed by atoms with van der Waals surface area (Å²) >= 11 is 0. The van der Waals surface area contributed by atoms with Crippen LogP contribution in [0.15, 0.2) is 0 Å². The van der Waals surface area contributed by atoms with Gasteiger partial charge in [0, 0.05) is 18.6 Å². The van der Waals surface area contributed by atoms with Crippen LogP contribution in [0.25, 0.3) is 0 Å². The molecule has 0 spiro atoms. The smallest absolute Gasteiger partial charge is 0.0555 e. The van der Waals surface area contributed by atoms with Crippen molar-refractivity contribution in [2.24, 2.45) is 11.3 Å². The molecule has 1 aliphatic rings. The fourth-order valence-electron chi connectivity index (χ4n) is 3.10. The Bertz CT molecular complexity index is 235. The van der Waals surface area contributed by atoms with Gasteiger partial charge in [-0.2, -0.15) is 0 Å². The van der Waals surface area contributed by atoms with Crippen molar-refractivity contribution in [3.8, 4) is 0 Å². The maximum absolute atomic E-state index is 9.95. The molecule has 17 heavy (non-hydrogen) atoms. The van der Waals surface area contributed by atoms with Crippen LogP contribution in [0.1, 0.15) is 60.8 Å². The molecule has 0 amide bonds. The summed E-state index contributed by atoms with van der Waals surface area (Å²) in [7, 11) is 0. The lowest BCUT2D eigenvalue weighted by Gasteiger charge is -2.49. The number of rotatable bonds is 4. The molecular formula is C15H31NO. The highest BCUT2D eigenvalue weighted by molar-refractivity contribution is 4.93. The van der Waals surface area contributed by atoms with E-state index in [0.717, 1.165) is 25.8 Å². The summed E-state index contributed by atoms with van der Waals surface area (Å²) in [6.45, 7) is 15.0. The predicted molar refractivity (Wildman–Crippen MR) is 74.1 cm³/mol. The molecule has 1 N–H and O–H groups in total. The van der Waals surface area contributed by atoms with Gasteiger partial charge in [-0.25, -0.2) is 0 Å². The molecular weight excluding hydrogens is 210 g/mol. The molecule has 0 saturated heterocycles. The van der Waals surface area contributed by atoms with Crippen molar-refractivity contribution in [2.75, 3.05) is 6.54 Å². The van der Waals surface area contributed by atoms with Crippen LogP contribution in [0.2, 0.25) is 0 Å². The largest absolute Gasteiger partial charge is 0.393 e. The van der Waals surface area contributed by atoms with Crippen molar-refractivity contribution in [3.63, 3.8) is 0 Å². The Balaban J connectivity index is 2.82. The molecule has 1 aliphatic carbocycles. The van der Waals surface area contributed by atoms with Gasteiger partial charge >= 0.3 is 0 Å². The topological polar surface area (TPSA) is 23.5 Å². The van der Waals surface area contributed by atoms with Crippen LogP contribution < -0.4 is 0 Å². The molecule has 0 aromatic heterocycles. The van der Waals surface area contributed by atoms with Crippen LogP contribution in [-0.4, -0.2) is 34.7 Å². The maximum Gasteiger partial charge on any atom is 0.0555 e. The standard InChI is InChI=1S/C15H31NO/c1-11(2)10-16(12(3)4)14-9-13(17)7-8-15(14,5)6/h11-14,17H,7-10H2,1-6H3. The molecule has 102 valence electrons. The summed E-state index contributed by atoms with van der Waals surface area (Å²) in [6.07, 6.45) is 2.95. The lowest BCUT2D eigenvalue weighted by molar-refractivity contribution is -0.0285. The van der Waals surface area contributed by atoms with Gasteiger partial charge in [0.05, 0.1) is 6.10 Å². The Morgan fingerprint density at radius 3 is 2.29 bits per heavy atom. The van der Waals surface area contributed by atoms with Crippen molar-refractivity contribution in [1.82, 2.24) is 4.90 Å². The van der Waals surface area contributed by atoms with E-state index in [2.05, 4.69) is 46.4 Å². The highest BCUT2D eigenvalue weighted by Gasteiger charge is 2.40. The second-order valence-electron chi connectivity index (χ2n) is 7.12. The van der Waals surface area contributed by atoms with Crippen LogP contribution in [0.3, 0.4) is 0 Å². The Morgan fingerprint density at radius 2 is 1.82 bits per heavy atom. The first kappa shape index (κ1) is 15.0. The summed E-state index contributed by atoms with van der Waals surface area (Å²) in [5.74, 6) is 0.687.